The Hall–Kier alpha value is -1.11. The van der Waals surface area contributed by atoms with Crippen molar-refractivity contribution in [1.82, 2.24) is 4.90 Å². The summed E-state index contributed by atoms with van der Waals surface area (Å²) >= 11 is 0. The van der Waals surface area contributed by atoms with Crippen molar-refractivity contribution >= 4 is 15.7 Å². The standard InChI is InChI=1S/C14H21N3O2S/c15-20(18,19)14-7-2-1-5-12(14)16-11-8-10-17-9-4-3-6-13(11)17/h1-2,5,7,11,13,16H,3-4,6,8-10H2,(H2,15,18,19). The van der Waals surface area contributed by atoms with E-state index in [2.05, 4.69) is 10.2 Å². The van der Waals surface area contributed by atoms with Gasteiger partial charge in [-0.05, 0) is 37.9 Å². The summed E-state index contributed by atoms with van der Waals surface area (Å²) in [5.74, 6) is 0. The molecule has 0 saturated carbocycles. The second-order valence-corrected chi connectivity index (χ2v) is 7.21. The number of benzene rings is 1. The predicted octanol–water partition coefficient (Wildman–Crippen LogP) is 1.37. The fraction of sp³-hybridized carbons (Fsp3) is 0.571. The molecule has 0 aliphatic carbocycles. The number of anilines is 1. The van der Waals surface area contributed by atoms with Crippen LogP contribution in [0.3, 0.4) is 0 Å². The van der Waals surface area contributed by atoms with E-state index in [4.69, 9.17) is 5.14 Å². The minimum Gasteiger partial charge on any atom is -0.380 e. The van der Waals surface area contributed by atoms with E-state index in [0.717, 1.165) is 13.0 Å². The molecule has 2 fully saturated rings. The highest BCUT2D eigenvalue weighted by molar-refractivity contribution is 7.89. The summed E-state index contributed by atoms with van der Waals surface area (Å²) in [5, 5.41) is 8.70. The lowest BCUT2D eigenvalue weighted by molar-refractivity contribution is 0.192. The summed E-state index contributed by atoms with van der Waals surface area (Å²) in [6, 6.07) is 7.74. The number of piperidine rings is 1. The lowest BCUT2D eigenvalue weighted by Gasteiger charge is -2.33. The van der Waals surface area contributed by atoms with Crippen LogP contribution in [0.15, 0.2) is 29.2 Å². The van der Waals surface area contributed by atoms with Crippen molar-refractivity contribution in [3.63, 3.8) is 0 Å². The van der Waals surface area contributed by atoms with Gasteiger partial charge in [-0.3, -0.25) is 4.90 Å². The Morgan fingerprint density at radius 3 is 2.75 bits per heavy atom. The third-order valence-electron chi connectivity index (χ3n) is 4.39. The van der Waals surface area contributed by atoms with Gasteiger partial charge < -0.3 is 5.32 Å². The minimum absolute atomic E-state index is 0.189. The number of primary sulfonamides is 1. The van der Waals surface area contributed by atoms with Crippen molar-refractivity contribution < 1.29 is 8.42 Å². The molecule has 3 rings (SSSR count). The van der Waals surface area contributed by atoms with Crippen molar-refractivity contribution in [3.8, 4) is 0 Å². The quantitative estimate of drug-likeness (QED) is 0.883. The van der Waals surface area contributed by atoms with Gasteiger partial charge in [-0.1, -0.05) is 18.6 Å². The Kier molecular flexibility index (Phi) is 3.70. The largest absolute Gasteiger partial charge is 0.380 e. The van der Waals surface area contributed by atoms with E-state index in [1.165, 1.54) is 25.8 Å². The number of nitrogens with one attached hydrogen (secondary N) is 1. The van der Waals surface area contributed by atoms with Crippen LogP contribution in [0.4, 0.5) is 5.69 Å². The van der Waals surface area contributed by atoms with Crippen LogP contribution in [-0.4, -0.2) is 38.5 Å². The van der Waals surface area contributed by atoms with Crippen LogP contribution in [-0.2, 0) is 10.0 Å². The Labute approximate surface area is 120 Å². The molecule has 1 aromatic rings. The van der Waals surface area contributed by atoms with Gasteiger partial charge in [0.1, 0.15) is 4.90 Å². The van der Waals surface area contributed by atoms with Gasteiger partial charge in [0.2, 0.25) is 10.0 Å². The molecule has 2 aliphatic heterocycles. The topological polar surface area (TPSA) is 75.4 Å². The molecule has 3 N–H and O–H groups in total. The van der Waals surface area contributed by atoms with Crippen molar-refractivity contribution in [3.05, 3.63) is 24.3 Å². The Morgan fingerprint density at radius 1 is 1.15 bits per heavy atom. The van der Waals surface area contributed by atoms with Gasteiger partial charge in [0.15, 0.2) is 0 Å². The van der Waals surface area contributed by atoms with Crippen LogP contribution >= 0.6 is 0 Å². The fourth-order valence-corrected chi connectivity index (χ4v) is 4.15. The predicted molar refractivity (Wildman–Crippen MR) is 79.1 cm³/mol. The van der Waals surface area contributed by atoms with Gasteiger partial charge in [-0.15, -0.1) is 0 Å². The Morgan fingerprint density at radius 2 is 1.95 bits per heavy atom. The first-order chi connectivity index (χ1) is 9.55. The van der Waals surface area contributed by atoms with Gasteiger partial charge in [-0.25, -0.2) is 13.6 Å². The van der Waals surface area contributed by atoms with Crippen LogP contribution in [0.25, 0.3) is 0 Å². The molecule has 0 spiro atoms. The molecule has 2 heterocycles. The second kappa shape index (κ2) is 5.35. The molecule has 2 saturated heterocycles. The molecule has 0 aromatic heterocycles. The highest BCUT2D eigenvalue weighted by atomic mass is 32.2. The van der Waals surface area contributed by atoms with Gasteiger partial charge in [-0.2, -0.15) is 0 Å². The van der Waals surface area contributed by atoms with Crippen molar-refractivity contribution in [1.29, 1.82) is 0 Å². The lowest BCUT2D eigenvalue weighted by Crippen LogP contribution is -2.41. The number of nitrogens with zero attached hydrogens (tertiary/aromatic N) is 1. The van der Waals surface area contributed by atoms with Crippen LogP contribution in [0.5, 0.6) is 0 Å². The number of sulfonamides is 1. The summed E-state index contributed by atoms with van der Waals surface area (Å²) < 4.78 is 23.3. The third-order valence-corrected chi connectivity index (χ3v) is 5.36. The SMILES string of the molecule is NS(=O)(=O)c1ccccc1NC1CCN2CCCCC12. The molecule has 20 heavy (non-hydrogen) atoms. The zero-order valence-electron chi connectivity index (χ0n) is 11.5. The van der Waals surface area contributed by atoms with Crippen LogP contribution in [0.2, 0.25) is 0 Å². The van der Waals surface area contributed by atoms with Crippen LogP contribution in [0, 0.1) is 0 Å². The highest BCUT2D eigenvalue weighted by Crippen LogP contribution is 2.30. The summed E-state index contributed by atoms with van der Waals surface area (Å²) in [6.45, 7) is 2.26. The van der Waals surface area contributed by atoms with Crippen molar-refractivity contribution in [2.45, 2.75) is 42.7 Å². The second-order valence-electron chi connectivity index (χ2n) is 5.68. The molecule has 2 aliphatic rings. The summed E-state index contributed by atoms with van der Waals surface area (Å²) in [4.78, 5) is 2.70. The molecule has 0 amide bonds. The Bertz CT molecular complexity index is 588. The maximum atomic E-state index is 11.6. The van der Waals surface area contributed by atoms with E-state index in [1.54, 1.807) is 18.2 Å². The van der Waals surface area contributed by atoms with Gasteiger partial charge >= 0.3 is 0 Å². The number of nitrogens with two attached hydrogens (primary N) is 1. The first kappa shape index (κ1) is 13.9. The van der Waals surface area contributed by atoms with Gasteiger partial charge in [0, 0.05) is 18.6 Å². The molecule has 2 atom stereocenters. The van der Waals surface area contributed by atoms with E-state index >= 15 is 0 Å². The van der Waals surface area contributed by atoms with Gasteiger partial charge in [0.05, 0.1) is 5.69 Å². The molecule has 1 aromatic carbocycles. The van der Waals surface area contributed by atoms with E-state index in [1.807, 2.05) is 6.07 Å². The molecule has 2 unspecified atom stereocenters. The average Bonchev–Trinajstić information content (AvgIpc) is 2.82. The van der Waals surface area contributed by atoms with Crippen molar-refractivity contribution in [2.24, 2.45) is 5.14 Å². The molecular weight excluding hydrogens is 274 g/mol. The summed E-state index contributed by atoms with van der Waals surface area (Å²) in [5.41, 5.74) is 0.632. The third kappa shape index (κ3) is 2.68. The fourth-order valence-electron chi connectivity index (χ4n) is 3.45. The number of rotatable bonds is 3. The maximum absolute atomic E-state index is 11.6. The monoisotopic (exact) mass is 295 g/mol. The number of hydrogen-bond acceptors (Lipinski definition) is 4. The minimum atomic E-state index is -3.68. The smallest absolute Gasteiger partial charge is 0.240 e. The molecule has 0 radical (unpaired) electrons. The van der Waals surface area contributed by atoms with E-state index in [0.29, 0.717) is 17.8 Å². The van der Waals surface area contributed by atoms with E-state index in [-0.39, 0.29) is 4.90 Å². The first-order valence-electron chi connectivity index (χ1n) is 7.18. The average molecular weight is 295 g/mol. The van der Waals surface area contributed by atoms with Gasteiger partial charge in [0.25, 0.3) is 0 Å². The Balaban J connectivity index is 1.82. The molecule has 0 bridgehead atoms. The zero-order chi connectivity index (χ0) is 14.2. The number of para-hydroxylation sites is 1. The summed E-state index contributed by atoms with van der Waals surface area (Å²) in [6.07, 6.45) is 4.78. The molecule has 5 nitrogen and oxygen atoms in total. The van der Waals surface area contributed by atoms with Crippen LogP contribution < -0.4 is 10.5 Å². The highest BCUT2D eigenvalue weighted by Gasteiger charge is 2.35. The maximum Gasteiger partial charge on any atom is 0.240 e. The normalized spacial score (nSPS) is 27.2. The van der Waals surface area contributed by atoms with Crippen molar-refractivity contribution in [2.75, 3.05) is 18.4 Å². The van der Waals surface area contributed by atoms with E-state index in [9.17, 15) is 8.42 Å². The summed E-state index contributed by atoms with van der Waals surface area (Å²) in [7, 11) is -3.68. The lowest BCUT2D eigenvalue weighted by atomic mass is 9.99. The van der Waals surface area contributed by atoms with E-state index < -0.39 is 10.0 Å². The molecule has 6 heteroatoms. The zero-order valence-corrected chi connectivity index (χ0v) is 12.3. The number of hydrogen-bond donors (Lipinski definition) is 2. The molecule has 110 valence electrons. The molecular formula is C14H21N3O2S. The first-order valence-corrected chi connectivity index (χ1v) is 8.73. The van der Waals surface area contributed by atoms with Crippen LogP contribution in [0.1, 0.15) is 25.7 Å². The number of fused-ring (bicyclic) bond motifs is 1.